The summed E-state index contributed by atoms with van der Waals surface area (Å²) in [5.74, 6) is -0.0516. The van der Waals surface area contributed by atoms with Gasteiger partial charge in [-0.3, -0.25) is 4.79 Å². The van der Waals surface area contributed by atoms with Gasteiger partial charge < -0.3 is 14.9 Å². The molecule has 7 nitrogen and oxygen atoms in total. The summed E-state index contributed by atoms with van der Waals surface area (Å²) in [6, 6.07) is 11.6. The molecule has 0 spiro atoms. The van der Waals surface area contributed by atoms with E-state index in [0.29, 0.717) is 24.2 Å². The minimum Gasteiger partial charge on any atom is -0.389 e. The largest absolute Gasteiger partial charge is 0.389 e. The van der Waals surface area contributed by atoms with Gasteiger partial charge in [-0.05, 0) is 52.1 Å². The lowest BCUT2D eigenvalue weighted by atomic mass is 9.99. The predicted octanol–water partition coefficient (Wildman–Crippen LogP) is 1.92. The highest BCUT2D eigenvalue weighted by atomic mass is 16.6. The van der Waals surface area contributed by atoms with Gasteiger partial charge in [-0.1, -0.05) is 12.1 Å². The summed E-state index contributed by atoms with van der Waals surface area (Å²) in [6.07, 6.45) is 0.770. The second-order valence-electron chi connectivity index (χ2n) is 6.91. The Labute approximate surface area is 149 Å². The van der Waals surface area contributed by atoms with Crippen molar-refractivity contribution in [2.24, 2.45) is 0 Å². The zero-order chi connectivity index (χ0) is 17.7. The number of rotatable bonds is 3. The fourth-order valence-electron chi connectivity index (χ4n) is 3.47. The molecule has 0 aliphatic carbocycles. The van der Waals surface area contributed by atoms with Crippen molar-refractivity contribution in [1.82, 2.24) is 15.2 Å². The van der Waals surface area contributed by atoms with Gasteiger partial charge in [0.1, 0.15) is 5.52 Å². The maximum atomic E-state index is 12.5. The third-order valence-electron chi connectivity index (χ3n) is 5.13. The highest BCUT2D eigenvalue weighted by Crippen LogP contribution is 2.34. The monoisotopic (exact) mass is 350 g/mol. The molecule has 26 heavy (non-hydrogen) atoms. The molecule has 0 atom stereocenters. The second kappa shape index (κ2) is 5.81. The number of aliphatic hydroxyl groups is 1. The highest BCUT2D eigenvalue weighted by Gasteiger charge is 2.29. The van der Waals surface area contributed by atoms with Crippen molar-refractivity contribution in [3.05, 3.63) is 42.0 Å². The number of benzene rings is 2. The second-order valence-corrected chi connectivity index (χ2v) is 6.91. The van der Waals surface area contributed by atoms with Crippen LogP contribution in [0.2, 0.25) is 0 Å². The van der Waals surface area contributed by atoms with Gasteiger partial charge in [-0.25, -0.2) is 4.63 Å². The number of carbonyl (C=O) groups excluding carboxylic acids is 1. The van der Waals surface area contributed by atoms with Crippen molar-refractivity contribution in [2.75, 3.05) is 31.1 Å². The highest BCUT2D eigenvalue weighted by molar-refractivity contribution is 5.97. The Kier molecular flexibility index (Phi) is 3.43. The molecule has 2 aliphatic heterocycles. The van der Waals surface area contributed by atoms with Crippen LogP contribution in [-0.4, -0.2) is 58.5 Å². The van der Waals surface area contributed by atoms with Crippen LogP contribution in [-0.2, 0) is 0 Å². The van der Waals surface area contributed by atoms with E-state index in [9.17, 15) is 9.90 Å². The Morgan fingerprint density at radius 3 is 2.69 bits per heavy atom. The summed E-state index contributed by atoms with van der Waals surface area (Å²) in [5, 5.41) is 17.5. The molecule has 2 fully saturated rings. The average Bonchev–Trinajstić information content (AvgIpc) is 3.06. The Morgan fingerprint density at radius 2 is 1.96 bits per heavy atom. The summed E-state index contributed by atoms with van der Waals surface area (Å²) in [4.78, 5) is 16.4. The fraction of sp³-hybridized carbons (Fsp3) is 0.316. The quantitative estimate of drug-likeness (QED) is 0.777. The topological polar surface area (TPSA) is 82.7 Å². The number of hydrogen-bond acceptors (Lipinski definition) is 6. The van der Waals surface area contributed by atoms with E-state index in [1.54, 1.807) is 4.90 Å². The van der Waals surface area contributed by atoms with E-state index >= 15 is 0 Å². The first-order chi connectivity index (χ1) is 12.7. The van der Waals surface area contributed by atoms with Crippen LogP contribution in [0.4, 0.5) is 5.69 Å². The molecule has 0 radical (unpaired) electrons. The molecule has 5 rings (SSSR count). The summed E-state index contributed by atoms with van der Waals surface area (Å²) in [6.45, 7) is 2.81. The summed E-state index contributed by atoms with van der Waals surface area (Å²) >= 11 is 0. The first-order valence-electron chi connectivity index (χ1n) is 8.78. The van der Waals surface area contributed by atoms with Crippen molar-refractivity contribution in [1.29, 1.82) is 0 Å². The third-order valence-corrected chi connectivity index (χ3v) is 5.13. The van der Waals surface area contributed by atoms with Crippen LogP contribution in [0.5, 0.6) is 0 Å². The number of hydrogen-bond donors (Lipinski definition) is 1. The Hall–Kier alpha value is -2.93. The molecular formula is C19H18N4O3. The normalized spacial score (nSPS) is 17.3. The molecule has 0 bridgehead atoms. The molecule has 1 aromatic heterocycles. The van der Waals surface area contributed by atoms with Gasteiger partial charge in [-0.2, -0.15) is 0 Å². The lowest BCUT2D eigenvalue weighted by Gasteiger charge is -2.36. The van der Waals surface area contributed by atoms with Crippen LogP contribution in [0.25, 0.3) is 22.2 Å². The number of likely N-dealkylation sites (tertiary alicyclic amines) is 1. The zero-order valence-electron chi connectivity index (χ0n) is 14.1. The van der Waals surface area contributed by atoms with Crippen molar-refractivity contribution < 1.29 is 14.5 Å². The lowest BCUT2D eigenvalue weighted by Crippen LogP contribution is -2.53. The SMILES string of the molecule is O=C(c1cccc(-c2cc(N3CCC3)c3nonc3c2)c1)N1CC(O)C1. The number of aliphatic hydroxyl groups excluding tert-OH is 1. The van der Waals surface area contributed by atoms with Crippen molar-refractivity contribution in [3.8, 4) is 11.1 Å². The molecule has 2 aliphatic rings. The van der Waals surface area contributed by atoms with Gasteiger partial charge in [0.15, 0.2) is 5.52 Å². The number of carbonyl (C=O) groups is 1. The zero-order valence-corrected chi connectivity index (χ0v) is 14.1. The van der Waals surface area contributed by atoms with Gasteiger partial charge in [0, 0.05) is 31.7 Å². The first-order valence-corrected chi connectivity index (χ1v) is 8.78. The van der Waals surface area contributed by atoms with Gasteiger partial charge in [0.05, 0.1) is 11.8 Å². The number of β-amino-alcohol motifs (C(OH)–C–C–N with tert-alkyl or cyclic N) is 1. The number of fused-ring (bicyclic) bond motifs is 1. The number of anilines is 1. The van der Waals surface area contributed by atoms with Crippen molar-refractivity contribution in [3.63, 3.8) is 0 Å². The van der Waals surface area contributed by atoms with Crippen molar-refractivity contribution >= 4 is 22.6 Å². The summed E-state index contributed by atoms with van der Waals surface area (Å²) in [5.41, 5.74) is 5.06. The molecule has 1 amide bonds. The van der Waals surface area contributed by atoms with E-state index in [1.165, 1.54) is 6.42 Å². The Bertz CT molecular complexity index is 989. The minimum absolute atomic E-state index is 0.0516. The summed E-state index contributed by atoms with van der Waals surface area (Å²) in [7, 11) is 0. The molecular weight excluding hydrogens is 332 g/mol. The van der Waals surface area contributed by atoms with Gasteiger partial charge in [0.2, 0.25) is 0 Å². The Morgan fingerprint density at radius 1 is 1.12 bits per heavy atom. The number of amides is 1. The van der Waals surface area contributed by atoms with E-state index in [2.05, 4.69) is 21.3 Å². The third kappa shape index (κ3) is 2.43. The predicted molar refractivity (Wildman–Crippen MR) is 96.0 cm³/mol. The van der Waals surface area contributed by atoms with E-state index in [0.717, 1.165) is 35.4 Å². The van der Waals surface area contributed by atoms with Crippen LogP contribution in [0.15, 0.2) is 41.0 Å². The standard InChI is InChI=1S/C19H18N4O3/c24-15-10-23(11-15)19(25)13-4-1-3-12(7-13)14-8-16-18(21-26-20-16)17(9-14)22-5-2-6-22/h1,3-4,7-9,15,24H,2,5-6,10-11H2. The summed E-state index contributed by atoms with van der Waals surface area (Å²) < 4.78 is 4.93. The van der Waals surface area contributed by atoms with E-state index in [4.69, 9.17) is 4.63 Å². The Balaban J connectivity index is 1.53. The van der Waals surface area contributed by atoms with Crippen LogP contribution >= 0.6 is 0 Å². The maximum Gasteiger partial charge on any atom is 0.254 e. The van der Waals surface area contributed by atoms with Gasteiger partial charge in [-0.15, -0.1) is 0 Å². The first kappa shape index (κ1) is 15.3. The van der Waals surface area contributed by atoms with E-state index in [-0.39, 0.29) is 5.91 Å². The average molecular weight is 350 g/mol. The van der Waals surface area contributed by atoms with E-state index in [1.807, 2.05) is 30.3 Å². The van der Waals surface area contributed by atoms with Crippen LogP contribution in [0.1, 0.15) is 16.8 Å². The van der Waals surface area contributed by atoms with E-state index < -0.39 is 6.10 Å². The molecule has 7 heteroatoms. The fourth-order valence-corrected chi connectivity index (χ4v) is 3.47. The maximum absolute atomic E-state index is 12.5. The molecule has 2 aromatic carbocycles. The smallest absolute Gasteiger partial charge is 0.254 e. The van der Waals surface area contributed by atoms with Crippen LogP contribution < -0.4 is 4.90 Å². The van der Waals surface area contributed by atoms with Gasteiger partial charge >= 0.3 is 0 Å². The number of aromatic nitrogens is 2. The van der Waals surface area contributed by atoms with Crippen molar-refractivity contribution in [2.45, 2.75) is 12.5 Å². The number of nitrogens with zero attached hydrogens (tertiary/aromatic N) is 4. The lowest BCUT2D eigenvalue weighted by molar-refractivity contribution is 0.00590. The minimum atomic E-state index is -0.400. The molecule has 2 saturated heterocycles. The molecule has 1 N–H and O–H groups in total. The van der Waals surface area contributed by atoms with Crippen LogP contribution in [0, 0.1) is 0 Å². The molecule has 0 unspecified atom stereocenters. The van der Waals surface area contributed by atoms with Gasteiger partial charge in [0.25, 0.3) is 5.91 Å². The van der Waals surface area contributed by atoms with Crippen LogP contribution in [0.3, 0.4) is 0 Å². The molecule has 132 valence electrons. The molecule has 3 aromatic rings. The molecule has 0 saturated carbocycles. The molecule has 3 heterocycles.